The molecule has 2 saturated heterocycles. The minimum absolute atomic E-state index is 0.0393. The van der Waals surface area contributed by atoms with E-state index in [2.05, 4.69) is 5.32 Å². The number of ether oxygens (including phenoxy) is 2. The average molecular weight is 320 g/mol. The fourth-order valence-electron chi connectivity index (χ4n) is 3.82. The highest BCUT2D eigenvalue weighted by molar-refractivity contribution is 5.88. The fraction of sp³-hybridized carbons (Fsp3) is 0.765. The summed E-state index contributed by atoms with van der Waals surface area (Å²) in [5.41, 5.74) is 0. The Balaban J connectivity index is 1.43. The molecule has 4 aliphatic rings. The van der Waals surface area contributed by atoms with Crippen LogP contribution in [-0.2, 0) is 19.1 Å². The number of allylic oxidation sites excluding steroid dienone is 2. The lowest BCUT2D eigenvalue weighted by molar-refractivity contribution is -0.155. The van der Waals surface area contributed by atoms with Gasteiger partial charge in [-0.25, -0.2) is 0 Å². The molecule has 0 aromatic heterocycles. The van der Waals surface area contributed by atoms with Gasteiger partial charge in [0, 0.05) is 19.0 Å². The van der Waals surface area contributed by atoms with Gasteiger partial charge < -0.3 is 19.7 Å². The largest absolute Gasteiger partial charge is 0.353 e. The Hall–Kier alpha value is -1.40. The maximum absolute atomic E-state index is 13.0. The van der Waals surface area contributed by atoms with E-state index in [1.165, 1.54) is 0 Å². The molecule has 2 heterocycles. The van der Waals surface area contributed by atoms with E-state index in [9.17, 15) is 9.59 Å². The van der Waals surface area contributed by atoms with Crippen molar-refractivity contribution >= 4 is 11.8 Å². The van der Waals surface area contributed by atoms with Crippen molar-refractivity contribution in [3.63, 3.8) is 0 Å². The molecule has 2 atom stereocenters. The van der Waals surface area contributed by atoms with Crippen molar-refractivity contribution in [2.75, 3.05) is 26.3 Å². The highest BCUT2D eigenvalue weighted by atomic mass is 16.7. The van der Waals surface area contributed by atoms with Gasteiger partial charge in [-0.05, 0) is 25.7 Å². The summed E-state index contributed by atoms with van der Waals surface area (Å²) in [6, 6.07) is 0.333. The number of rotatable bonds is 3. The number of nitrogens with zero attached hydrogens (tertiary/aromatic N) is 1. The quantitative estimate of drug-likeness (QED) is 0.782. The van der Waals surface area contributed by atoms with Crippen LogP contribution in [0.25, 0.3) is 0 Å². The third-order valence-corrected chi connectivity index (χ3v) is 5.33. The Bertz CT molecular complexity index is 523. The number of hydrogen-bond acceptors (Lipinski definition) is 4. The highest BCUT2D eigenvalue weighted by Crippen LogP contribution is 2.34. The van der Waals surface area contributed by atoms with Crippen molar-refractivity contribution < 1.29 is 19.1 Å². The zero-order valence-electron chi connectivity index (χ0n) is 13.3. The summed E-state index contributed by atoms with van der Waals surface area (Å²) in [6.45, 7) is 2.33. The molecule has 1 saturated carbocycles. The molecule has 3 fully saturated rings. The topological polar surface area (TPSA) is 67.9 Å². The second kappa shape index (κ2) is 5.91. The number of hydrogen-bond donors (Lipinski definition) is 1. The minimum atomic E-state index is -0.591. The number of carbonyl (C=O) groups excluding carboxylic acids is 2. The normalized spacial score (nSPS) is 32.4. The molecular weight excluding hydrogens is 296 g/mol. The molecule has 1 N–H and O–H groups in total. The van der Waals surface area contributed by atoms with Gasteiger partial charge in [0.25, 0.3) is 0 Å². The number of amides is 2. The van der Waals surface area contributed by atoms with Gasteiger partial charge in [-0.1, -0.05) is 12.2 Å². The van der Waals surface area contributed by atoms with Gasteiger partial charge in [0.05, 0.1) is 31.6 Å². The summed E-state index contributed by atoms with van der Waals surface area (Å²) >= 11 is 0. The fourth-order valence-corrected chi connectivity index (χ4v) is 3.82. The van der Waals surface area contributed by atoms with Crippen LogP contribution < -0.4 is 5.32 Å². The summed E-state index contributed by atoms with van der Waals surface area (Å²) in [6.07, 6.45) is 8.20. The Kier molecular flexibility index (Phi) is 3.89. The molecule has 2 aliphatic carbocycles. The van der Waals surface area contributed by atoms with Crippen molar-refractivity contribution in [1.82, 2.24) is 10.2 Å². The summed E-state index contributed by atoms with van der Waals surface area (Å²) < 4.78 is 11.4. The SMILES string of the molecule is O=C(NC1CC1)C1CC=CCC1C(=O)N1CCC2(C1)OCCO2. The lowest BCUT2D eigenvalue weighted by Gasteiger charge is -2.31. The van der Waals surface area contributed by atoms with Crippen LogP contribution in [0.2, 0.25) is 0 Å². The zero-order valence-corrected chi connectivity index (χ0v) is 13.3. The lowest BCUT2D eigenvalue weighted by Crippen LogP contribution is -2.45. The van der Waals surface area contributed by atoms with Gasteiger partial charge in [0.2, 0.25) is 11.8 Å². The van der Waals surface area contributed by atoms with Gasteiger partial charge in [-0.2, -0.15) is 0 Å². The predicted octanol–water partition coefficient (Wildman–Crippen LogP) is 0.823. The first kappa shape index (κ1) is 15.1. The summed E-state index contributed by atoms with van der Waals surface area (Å²) in [4.78, 5) is 27.2. The Morgan fingerprint density at radius 1 is 1.09 bits per heavy atom. The first-order valence-corrected chi connectivity index (χ1v) is 8.69. The highest BCUT2D eigenvalue weighted by Gasteiger charge is 2.47. The predicted molar refractivity (Wildman–Crippen MR) is 82.4 cm³/mol. The van der Waals surface area contributed by atoms with E-state index < -0.39 is 5.79 Å². The zero-order chi connectivity index (χ0) is 15.9. The van der Waals surface area contributed by atoms with Crippen LogP contribution >= 0.6 is 0 Å². The summed E-state index contributed by atoms with van der Waals surface area (Å²) in [5, 5.41) is 3.05. The summed E-state index contributed by atoms with van der Waals surface area (Å²) in [7, 11) is 0. The molecule has 6 nitrogen and oxygen atoms in total. The number of likely N-dealkylation sites (tertiary alicyclic amines) is 1. The van der Waals surface area contributed by atoms with E-state index in [0.29, 0.717) is 45.2 Å². The maximum Gasteiger partial charge on any atom is 0.227 e. The van der Waals surface area contributed by atoms with E-state index in [0.717, 1.165) is 19.3 Å². The van der Waals surface area contributed by atoms with Crippen molar-refractivity contribution in [1.29, 1.82) is 0 Å². The minimum Gasteiger partial charge on any atom is -0.353 e. The smallest absolute Gasteiger partial charge is 0.227 e. The first-order valence-electron chi connectivity index (χ1n) is 8.69. The van der Waals surface area contributed by atoms with Gasteiger partial charge in [-0.15, -0.1) is 0 Å². The molecule has 2 unspecified atom stereocenters. The van der Waals surface area contributed by atoms with E-state index in [1.54, 1.807) is 0 Å². The van der Waals surface area contributed by atoms with Gasteiger partial charge in [0.1, 0.15) is 0 Å². The van der Waals surface area contributed by atoms with E-state index in [1.807, 2.05) is 17.1 Å². The van der Waals surface area contributed by atoms with Crippen LogP contribution in [0.1, 0.15) is 32.1 Å². The molecule has 0 aromatic carbocycles. The van der Waals surface area contributed by atoms with Crippen molar-refractivity contribution in [2.45, 2.75) is 43.9 Å². The molecule has 0 bridgehead atoms. The molecule has 2 amide bonds. The average Bonchev–Trinajstić information content (AvgIpc) is 3.11. The van der Waals surface area contributed by atoms with Crippen LogP contribution in [0.3, 0.4) is 0 Å². The van der Waals surface area contributed by atoms with E-state index >= 15 is 0 Å². The molecule has 0 aromatic rings. The molecular formula is C17H24N2O4. The van der Waals surface area contributed by atoms with Gasteiger partial charge in [0.15, 0.2) is 5.79 Å². The first-order chi connectivity index (χ1) is 11.2. The van der Waals surface area contributed by atoms with Gasteiger partial charge >= 0.3 is 0 Å². The molecule has 6 heteroatoms. The Morgan fingerprint density at radius 2 is 1.78 bits per heavy atom. The van der Waals surface area contributed by atoms with Crippen molar-refractivity contribution in [3.8, 4) is 0 Å². The van der Waals surface area contributed by atoms with Crippen molar-refractivity contribution in [3.05, 3.63) is 12.2 Å². The van der Waals surface area contributed by atoms with Crippen molar-refractivity contribution in [2.24, 2.45) is 11.8 Å². The summed E-state index contributed by atoms with van der Waals surface area (Å²) in [5.74, 6) is -0.976. The standard InChI is InChI=1S/C17H24N2O4/c20-15(18-12-5-6-12)13-3-1-2-4-14(13)16(21)19-8-7-17(11-19)22-9-10-23-17/h1-2,12-14H,3-11H2,(H,18,20). The second-order valence-corrected chi connectivity index (χ2v) is 7.06. The maximum atomic E-state index is 13.0. The molecule has 126 valence electrons. The van der Waals surface area contributed by atoms with E-state index in [4.69, 9.17) is 9.47 Å². The lowest BCUT2D eigenvalue weighted by atomic mass is 9.81. The third kappa shape index (κ3) is 3.02. The van der Waals surface area contributed by atoms with Crippen LogP contribution in [0.4, 0.5) is 0 Å². The third-order valence-electron chi connectivity index (χ3n) is 5.33. The molecule has 1 spiro atoms. The van der Waals surface area contributed by atoms with Crippen LogP contribution in [0.15, 0.2) is 12.2 Å². The monoisotopic (exact) mass is 320 g/mol. The Labute approximate surface area is 136 Å². The van der Waals surface area contributed by atoms with E-state index in [-0.39, 0.29) is 23.7 Å². The number of nitrogens with one attached hydrogen (secondary N) is 1. The Morgan fingerprint density at radius 3 is 2.48 bits per heavy atom. The molecule has 23 heavy (non-hydrogen) atoms. The van der Waals surface area contributed by atoms with Crippen LogP contribution in [-0.4, -0.2) is 54.8 Å². The molecule has 4 rings (SSSR count). The van der Waals surface area contributed by atoms with Crippen LogP contribution in [0, 0.1) is 11.8 Å². The molecule has 0 radical (unpaired) electrons. The number of carbonyl (C=O) groups is 2. The van der Waals surface area contributed by atoms with Crippen LogP contribution in [0.5, 0.6) is 0 Å². The molecule has 2 aliphatic heterocycles. The second-order valence-electron chi connectivity index (χ2n) is 7.06. The van der Waals surface area contributed by atoms with Gasteiger partial charge in [-0.3, -0.25) is 9.59 Å².